The van der Waals surface area contributed by atoms with Crippen LogP contribution in [0.5, 0.6) is 5.75 Å². The molecule has 13 aromatic carbocycles. The fraction of sp³-hybridized carbons (Fsp3) is 0.392. The highest BCUT2D eigenvalue weighted by Gasteiger charge is 2.29. The van der Waals surface area contributed by atoms with Gasteiger partial charge in [-0.3, -0.25) is 14.9 Å². The van der Waals surface area contributed by atoms with Crippen LogP contribution < -0.4 is 10.5 Å². The number of methoxy groups -OCH3 is 1. The Hall–Kier alpha value is -11.5. The maximum absolute atomic E-state index is 11.9. The molecule has 2 N–H and O–H groups in total. The molecule has 862 valence electrons. The zero-order valence-corrected chi connectivity index (χ0v) is 105. The first-order valence-electron chi connectivity index (χ1n) is 53.6. The lowest BCUT2D eigenvalue weighted by molar-refractivity contribution is -0.384. The first-order chi connectivity index (χ1) is 72.5. The fourth-order valence-electron chi connectivity index (χ4n) is 6.94. The second-order valence-corrected chi connectivity index (χ2v) is 22.4. The first-order valence-corrected chi connectivity index (χ1v) is 54.7. The maximum Gasteiger partial charge on any atom is 0.416 e. The van der Waals surface area contributed by atoms with E-state index < -0.39 is 63.2 Å². The van der Waals surface area contributed by atoms with E-state index in [1.165, 1.54) is 102 Å². The number of nitro groups is 1. The van der Waals surface area contributed by atoms with Crippen LogP contribution in [0.2, 0.25) is 5.02 Å². The van der Waals surface area contributed by atoms with Crippen LogP contribution in [0.4, 0.5) is 58.4 Å². The smallest absolute Gasteiger partial charge is 0.416 e. The van der Waals surface area contributed by atoms with Crippen LogP contribution in [-0.2, 0) is 6.18 Å². The van der Waals surface area contributed by atoms with Crippen molar-refractivity contribution in [1.82, 2.24) is 0 Å². The Morgan fingerprint density at radius 3 is 0.647 bits per heavy atom. The summed E-state index contributed by atoms with van der Waals surface area (Å²) in [5, 5.41) is 10.8. The van der Waals surface area contributed by atoms with Gasteiger partial charge in [0, 0.05) is 39.3 Å². The second-order valence-electron chi connectivity index (χ2n) is 21.1. The minimum absolute atomic E-state index is 0.137. The molecule has 6 nitrogen and oxygen atoms in total. The topological polar surface area (TPSA) is 95.5 Å². The van der Waals surface area contributed by atoms with E-state index in [0.717, 1.165) is 87.0 Å². The number of aryl methyl sites for hydroxylation is 5. The summed E-state index contributed by atoms with van der Waals surface area (Å²) in [7, 11) is 1.66. The maximum atomic E-state index is 11.9. The number of ether oxygens (including phenoxy) is 1. The summed E-state index contributed by atoms with van der Waals surface area (Å²) in [4.78, 5) is 20.4. The zero-order chi connectivity index (χ0) is 123. The Kier molecular flexibility index (Phi) is 231. The summed E-state index contributed by atoms with van der Waals surface area (Å²) < 4.78 is 149. The van der Waals surface area contributed by atoms with E-state index in [-0.39, 0.29) is 17.4 Å². The number of nitrogens with zero attached hydrogens (tertiary/aromatic N) is 1. The predicted molar refractivity (Wildman–Crippen MR) is 656 cm³/mol. The molecule has 0 fully saturated rings. The number of non-ortho nitro benzene ring substituents is 1. The molecule has 0 unspecified atom stereocenters. The molecule has 0 spiro atoms. The van der Waals surface area contributed by atoms with Gasteiger partial charge < -0.3 is 10.5 Å². The number of rotatable bonds is 3. The lowest BCUT2D eigenvalue weighted by Crippen LogP contribution is -2.12. The average Bonchev–Trinajstić information content (AvgIpc) is 0.879. The number of primary amides is 1. The molecule has 0 bridgehead atoms. The number of halogens is 14. The predicted octanol–water partition coefficient (Wildman–Crippen LogP) is 48.7. The summed E-state index contributed by atoms with van der Waals surface area (Å²) >= 11 is 8.85. The Balaban J connectivity index is -0.0000000574. The molecule has 0 aromatic heterocycles. The molecule has 0 aliphatic carbocycles. The van der Waals surface area contributed by atoms with Crippen molar-refractivity contribution in [2.24, 2.45) is 5.73 Å². The summed E-state index contributed by atoms with van der Waals surface area (Å²) in [6.45, 7) is 98.1. The van der Waals surface area contributed by atoms with Crippen molar-refractivity contribution >= 4 is 39.1 Å². The third-order valence-corrected chi connectivity index (χ3v) is 13.0. The minimum Gasteiger partial charge on any atom is -0.497 e. The van der Waals surface area contributed by atoms with Crippen molar-refractivity contribution < 1.29 is 67.1 Å². The zero-order valence-electron chi connectivity index (χ0n) is 102. The van der Waals surface area contributed by atoms with Crippen LogP contribution in [0.25, 0.3) is 0 Å². The molecule has 1 amide bonds. The van der Waals surface area contributed by atoms with Crippen LogP contribution in [0.15, 0.2) is 356 Å². The van der Waals surface area contributed by atoms with Crippen LogP contribution in [0.3, 0.4) is 0 Å². The number of carbonyl (C=O) groups is 1. The van der Waals surface area contributed by atoms with Crippen LogP contribution in [-0.4, -0.2) is 17.9 Å². The normalized spacial score (nSPS) is 7.44. The van der Waals surface area contributed by atoms with E-state index in [9.17, 15) is 67.6 Å². The van der Waals surface area contributed by atoms with Gasteiger partial charge in [0.25, 0.3) is 5.69 Å². The summed E-state index contributed by atoms with van der Waals surface area (Å²) in [6, 6.07) is 94.2. The lowest BCUT2D eigenvalue weighted by Gasteiger charge is -2.03. The van der Waals surface area contributed by atoms with E-state index in [1.807, 2.05) is 440 Å². The quantitative estimate of drug-likeness (QED) is 0.108. The van der Waals surface area contributed by atoms with Gasteiger partial charge in [0.05, 0.1) is 17.6 Å². The third kappa shape index (κ3) is 162. The number of alkyl halides is 3. The second kappa shape index (κ2) is 179. The molecular formula is C130H210BrClF12N2O4. The SMILES string of the molecule is Brc1ccccc1.CC.CC.CC.CC.CC.CC.CC.CC.CC.CC.CC.CC.CC.CC.CC.CC.CC.CC.CC.CC.CC.CC.COc1ccccc1.Cc1ccc(C)c(C(N)=O)c1.Cc1ccc(C)cc1.Cc1ccccc1.Clc1ccccc1.FC(F)(F)c1ccccc1.Fc1ccc(F)cc1.Fc1cccc(F)c1.Fc1cccc(F)c1.Fc1ccccc1.Fc1ccccc1F.O=[N+]([O-])c1ccccc1. The van der Waals surface area contributed by atoms with Crippen molar-refractivity contribution in [3.05, 3.63) is 463 Å². The van der Waals surface area contributed by atoms with E-state index in [1.54, 1.807) is 55.6 Å². The van der Waals surface area contributed by atoms with E-state index in [2.05, 4.69) is 73.1 Å². The highest BCUT2D eigenvalue weighted by atomic mass is 79.9. The van der Waals surface area contributed by atoms with Crippen LogP contribution in [0.1, 0.15) is 348 Å². The molecule has 0 saturated carbocycles. The molecule has 20 heteroatoms. The van der Waals surface area contributed by atoms with E-state index in [4.69, 9.17) is 22.1 Å². The van der Waals surface area contributed by atoms with Gasteiger partial charge in [-0.25, -0.2) is 39.5 Å². The van der Waals surface area contributed by atoms with Gasteiger partial charge >= 0.3 is 6.18 Å². The number of hydrogen-bond donors (Lipinski definition) is 1. The monoisotopic (exact) mass is 2210 g/mol. The number of nitro benzene ring substituents is 1. The van der Waals surface area contributed by atoms with Crippen molar-refractivity contribution in [3.63, 3.8) is 0 Å². The number of hydrogen-bond acceptors (Lipinski definition) is 4. The molecule has 0 atom stereocenters. The minimum atomic E-state index is -4.21. The summed E-state index contributed by atoms with van der Waals surface area (Å²) in [5.74, 6) is -4.19. The molecular weight excluding hydrogens is 2000 g/mol. The Labute approximate surface area is 927 Å². The molecule has 150 heavy (non-hydrogen) atoms. The van der Waals surface area contributed by atoms with Gasteiger partial charge in [-0.2, -0.15) is 13.2 Å². The van der Waals surface area contributed by atoms with Gasteiger partial charge in [0.2, 0.25) is 5.91 Å². The Morgan fingerprint density at radius 1 is 0.273 bits per heavy atom. The van der Waals surface area contributed by atoms with Crippen molar-refractivity contribution in [2.75, 3.05) is 7.11 Å². The highest BCUT2D eigenvalue weighted by molar-refractivity contribution is 9.10. The molecule has 0 aliphatic heterocycles. The van der Waals surface area contributed by atoms with E-state index in [0.29, 0.717) is 5.56 Å². The first kappa shape index (κ1) is 193. The average molecular weight is 2210 g/mol. The van der Waals surface area contributed by atoms with Gasteiger partial charge in [0.15, 0.2) is 11.6 Å². The fourth-order valence-corrected chi connectivity index (χ4v) is 7.39. The van der Waals surface area contributed by atoms with Gasteiger partial charge in [0.1, 0.15) is 46.5 Å². The van der Waals surface area contributed by atoms with Gasteiger partial charge in [-0.1, -0.05) is 567 Å². The van der Waals surface area contributed by atoms with Crippen LogP contribution >= 0.6 is 27.5 Å². The number of para-hydroxylation sites is 2. The largest absolute Gasteiger partial charge is 0.497 e. The molecule has 13 rings (SSSR count). The van der Waals surface area contributed by atoms with Crippen molar-refractivity contribution in [3.8, 4) is 5.75 Å². The molecule has 0 radical (unpaired) electrons. The molecule has 0 heterocycles. The summed E-state index contributed by atoms with van der Waals surface area (Å²) in [5.41, 5.74) is 11.3. The van der Waals surface area contributed by atoms with Crippen molar-refractivity contribution in [1.29, 1.82) is 0 Å². The van der Waals surface area contributed by atoms with E-state index >= 15 is 0 Å². The molecule has 0 saturated heterocycles. The number of benzene rings is 13. The Bertz CT molecular complexity index is 4060. The lowest BCUT2D eigenvalue weighted by atomic mass is 10.1. The van der Waals surface area contributed by atoms with Crippen LogP contribution in [0, 0.1) is 97.1 Å². The standard InChI is InChI=1S/C9H11NO.C8H10.C7H5F3.C7H8O.C7H8.C6H5Br.C6H5Cl.4C6H4F2.C6H5F.C6H5NO2.22C2H6/c1-6-3-4-7(2)8(5-6)9(10)11;1-7-3-5-8(2)6-4-7;8-7(9,10)6-4-2-1-3-5-6;1-8-7-5-3-2-4-6-7;1-7-5-3-2-4-6-7;2*7-6-4-2-1-3-5-6;7-5-1-2-6(8)4-3-5;2*7-5-2-1-3-6(8)4-5;7-5-3-1-2-4-6(5)8;7-6-4-2-1-3-5-6;8-7(9)6-4-2-1-3-5-6;22*1-2/h3-5H,1-2H3,(H2,10,11);3-6H,1-2H3;1-5H;2-6H,1H3;2-6H,1H3;2*1-5H;4*1-4H;1-5H;1-5H;22*1-2H3. The van der Waals surface area contributed by atoms with Crippen molar-refractivity contribution in [2.45, 2.75) is 345 Å². The number of amides is 1. The van der Waals surface area contributed by atoms with Gasteiger partial charge in [-0.15, -0.1) is 0 Å². The third-order valence-electron chi connectivity index (χ3n) is 12.3. The number of carbonyl (C=O) groups excluding carboxylic acids is 1. The highest BCUT2D eigenvalue weighted by Crippen LogP contribution is 2.28. The van der Waals surface area contributed by atoms with Gasteiger partial charge in [-0.05, 0) is 155 Å². The Morgan fingerprint density at radius 2 is 0.487 bits per heavy atom. The number of nitrogens with two attached hydrogens (primary N) is 1. The molecule has 0 aliphatic rings. The summed E-state index contributed by atoms with van der Waals surface area (Å²) in [6.07, 6.45) is -4.21. The molecule has 13 aromatic rings.